The zero-order valence-electron chi connectivity index (χ0n) is 34.2. The number of aromatic nitrogens is 2. The Kier molecular flexibility index (Phi) is 23.0. The standard InChI is InChI=1S/C21H34N4O7.C15H25N5O5.CH4/c1-14(23-19(28)32-20(2,3)4)22-11-8-9-15(24-18(27)21(5,6)29-7)16(26)13-30-17-10-12-31-25-17;1-15(2,23-3)13(22)19-10(5-4-7-18-14(16)17)11(21)9-24-12-6-8-25-20-12;/h10,12,15,22H,1,8-9,11,13H2,2-7H3,(H,23,28)(H,24,27);6,8,10H,4-5,7,9H2,1-3H3,(H,19,22)(H4,16,17,18);1H4/t15-;10-;/m00./s1. The molecule has 2 atom stereocenters. The number of nitrogens with two attached hydrogens (primary N) is 2. The number of nitrogens with one attached hydrogen (secondary N) is 4. The predicted molar refractivity (Wildman–Crippen MR) is 212 cm³/mol. The van der Waals surface area contributed by atoms with E-state index in [0.29, 0.717) is 38.8 Å². The van der Waals surface area contributed by atoms with Crippen molar-refractivity contribution in [1.29, 1.82) is 0 Å². The Morgan fingerprint density at radius 3 is 1.62 bits per heavy atom. The summed E-state index contributed by atoms with van der Waals surface area (Å²) in [6, 6.07) is 1.39. The van der Waals surface area contributed by atoms with Crippen LogP contribution in [0.25, 0.3) is 0 Å². The molecule has 2 aromatic heterocycles. The third-order valence-corrected chi connectivity index (χ3v) is 7.66. The van der Waals surface area contributed by atoms with Crippen molar-refractivity contribution >= 4 is 35.4 Å². The molecular weight excluding hydrogens is 762 g/mol. The van der Waals surface area contributed by atoms with Crippen molar-refractivity contribution in [3.63, 3.8) is 0 Å². The number of alkyl carbamates (subject to hydrolysis) is 1. The largest absolute Gasteiger partial charge is 0.467 e. The Morgan fingerprint density at radius 1 is 0.793 bits per heavy atom. The Morgan fingerprint density at radius 2 is 1.24 bits per heavy atom. The molecule has 2 aromatic rings. The smallest absolute Gasteiger partial charge is 0.413 e. The minimum Gasteiger partial charge on any atom is -0.467 e. The van der Waals surface area contributed by atoms with Gasteiger partial charge in [0, 0.05) is 39.4 Å². The Hall–Kier alpha value is -5.70. The zero-order chi connectivity index (χ0) is 43.2. The molecule has 0 aromatic carbocycles. The lowest BCUT2D eigenvalue weighted by Gasteiger charge is -2.26. The van der Waals surface area contributed by atoms with Crippen LogP contribution in [-0.2, 0) is 33.4 Å². The van der Waals surface area contributed by atoms with Crippen LogP contribution in [0.15, 0.2) is 51.1 Å². The summed E-state index contributed by atoms with van der Waals surface area (Å²) >= 11 is 0. The summed E-state index contributed by atoms with van der Waals surface area (Å²) in [6.07, 6.45) is 3.69. The molecular formula is C37H63N9O12. The van der Waals surface area contributed by atoms with Gasteiger partial charge in [-0.3, -0.25) is 29.5 Å². The molecule has 0 unspecified atom stereocenters. The summed E-state index contributed by atoms with van der Waals surface area (Å²) in [7, 11) is 2.83. The molecule has 0 saturated heterocycles. The van der Waals surface area contributed by atoms with Crippen molar-refractivity contribution in [2.75, 3.05) is 40.5 Å². The van der Waals surface area contributed by atoms with E-state index in [1.165, 1.54) is 38.9 Å². The lowest BCUT2D eigenvalue weighted by Crippen LogP contribution is -2.51. The van der Waals surface area contributed by atoms with Gasteiger partial charge in [0.25, 0.3) is 23.6 Å². The summed E-state index contributed by atoms with van der Waals surface area (Å²) in [5.74, 6) is -0.877. The van der Waals surface area contributed by atoms with E-state index < -0.39 is 46.8 Å². The Labute approximate surface area is 339 Å². The third-order valence-electron chi connectivity index (χ3n) is 7.66. The van der Waals surface area contributed by atoms with Crippen LogP contribution in [-0.4, -0.2) is 115 Å². The number of aliphatic imine (C=N–C) groups is 1. The highest BCUT2D eigenvalue weighted by atomic mass is 16.6. The fourth-order valence-electron chi connectivity index (χ4n) is 4.04. The summed E-state index contributed by atoms with van der Waals surface area (Å²) in [4.78, 5) is 65.4. The Balaban J connectivity index is 0.00000113. The maximum absolute atomic E-state index is 12.6. The van der Waals surface area contributed by atoms with Crippen LogP contribution < -0.4 is 42.2 Å². The van der Waals surface area contributed by atoms with Crippen molar-refractivity contribution in [2.45, 2.75) is 110 Å². The highest BCUT2D eigenvalue weighted by Crippen LogP contribution is 2.13. The highest BCUT2D eigenvalue weighted by Gasteiger charge is 2.32. The molecule has 2 rings (SSSR count). The number of carbonyl (C=O) groups is 5. The van der Waals surface area contributed by atoms with E-state index in [4.69, 9.17) is 35.2 Å². The first-order valence-electron chi connectivity index (χ1n) is 17.9. The van der Waals surface area contributed by atoms with Gasteiger partial charge in [0.05, 0.1) is 12.1 Å². The van der Waals surface area contributed by atoms with Gasteiger partial charge < -0.3 is 60.1 Å². The highest BCUT2D eigenvalue weighted by molar-refractivity contribution is 5.93. The van der Waals surface area contributed by atoms with Gasteiger partial charge in [0.15, 0.2) is 30.7 Å². The minimum atomic E-state index is -1.10. The lowest BCUT2D eigenvalue weighted by atomic mass is 10.0. The van der Waals surface area contributed by atoms with Gasteiger partial charge in [-0.25, -0.2) is 4.79 Å². The quantitative estimate of drug-likeness (QED) is 0.0502. The molecule has 0 radical (unpaired) electrons. The second-order valence-electron chi connectivity index (χ2n) is 14.3. The van der Waals surface area contributed by atoms with Gasteiger partial charge in [0.2, 0.25) is 0 Å². The molecule has 328 valence electrons. The number of nitrogens with zero attached hydrogens (tertiary/aromatic N) is 3. The van der Waals surface area contributed by atoms with Crippen molar-refractivity contribution in [3.05, 3.63) is 37.1 Å². The van der Waals surface area contributed by atoms with E-state index in [2.05, 4.69) is 52.2 Å². The van der Waals surface area contributed by atoms with Gasteiger partial charge in [-0.2, -0.15) is 0 Å². The molecule has 0 aliphatic heterocycles. The summed E-state index contributed by atoms with van der Waals surface area (Å²) in [5, 5.41) is 17.9. The van der Waals surface area contributed by atoms with Gasteiger partial charge in [-0.1, -0.05) is 14.0 Å². The molecule has 0 aliphatic carbocycles. The molecule has 3 amide bonds. The molecule has 0 bridgehead atoms. The van der Waals surface area contributed by atoms with E-state index >= 15 is 0 Å². The number of rotatable bonds is 24. The molecule has 0 spiro atoms. The van der Waals surface area contributed by atoms with Crippen molar-refractivity contribution < 1.29 is 56.7 Å². The van der Waals surface area contributed by atoms with E-state index in [0.717, 1.165) is 0 Å². The second kappa shape index (κ2) is 25.5. The number of guanidine groups is 1. The SMILES string of the molecule is C.C=C(NCCC[C@H](NC(=O)C(C)(C)OC)C(=O)COc1ccon1)NC(=O)OC(C)(C)C.COC(C)(C)C(=O)N[C@@H](CCCN=C(N)N)C(=O)COc1ccon1. The number of hydrogen-bond donors (Lipinski definition) is 6. The minimum absolute atomic E-state index is 0. The van der Waals surface area contributed by atoms with E-state index in [1.807, 2.05) is 0 Å². The molecule has 0 fully saturated rings. The topological polar surface area (TPSA) is 296 Å². The van der Waals surface area contributed by atoms with Crippen LogP contribution in [0.4, 0.5) is 4.79 Å². The number of Topliss-reactive ketones (excluding diaryl/α,β-unsaturated/α-hetero) is 2. The molecule has 0 aliphatic rings. The van der Waals surface area contributed by atoms with Gasteiger partial charge in [-0.05, 0) is 84.5 Å². The summed E-state index contributed by atoms with van der Waals surface area (Å²) in [5.41, 5.74) is 7.74. The first-order valence-corrected chi connectivity index (χ1v) is 17.9. The third kappa shape index (κ3) is 21.6. The van der Waals surface area contributed by atoms with Crippen LogP contribution in [0.5, 0.6) is 11.8 Å². The van der Waals surface area contributed by atoms with Crippen LogP contribution in [0.2, 0.25) is 0 Å². The van der Waals surface area contributed by atoms with Crippen molar-refractivity contribution in [1.82, 2.24) is 31.6 Å². The maximum Gasteiger partial charge on any atom is 0.413 e. The maximum atomic E-state index is 12.6. The number of carbonyl (C=O) groups excluding carboxylic acids is 5. The lowest BCUT2D eigenvalue weighted by molar-refractivity contribution is -0.142. The number of ether oxygens (including phenoxy) is 5. The Bertz CT molecular complexity index is 1580. The molecule has 21 nitrogen and oxygen atoms in total. The van der Waals surface area contributed by atoms with Crippen molar-refractivity contribution in [3.8, 4) is 11.8 Å². The van der Waals surface area contributed by atoms with Gasteiger partial charge >= 0.3 is 6.09 Å². The van der Waals surface area contributed by atoms with E-state index in [-0.39, 0.29) is 55.7 Å². The molecule has 0 saturated carbocycles. The number of ketones is 2. The number of hydrogen-bond acceptors (Lipinski definition) is 16. The van der Waals surface area contributed by atoms with Crippen LogP contribution >= 0.6 is 0 Å². The molecule has 58 heavy (non-hydrogen) atoms. The average Bonchev–Trinajstić information content (AvgIpc) is 3.86. The second-order valence-corrected chi connectivity index (χ2v) is 14.3. The summed E-state index contributed by atoms with van der Waals surface area (Å²) < 4.78 is 35.2. The summed E-state index contributed by atoms with van der Waals surface area (Å²) in [6.45, 7) is 15.6. The van der Waals surface area contributed by atoms with Crippen LogP contribution in [0, 0.1) is 0 Å². The monoisotopic (exact) mass is 825 g/mol. The number of methoxy groups -OCH3 is 2. The predicted octanol–water partition coefficient (Wildman–Crippen LogP) is 2.12. The van der Waals surface area contributed by atoms with Crippen LogP contribution in [0.1, 0.15) is 81.6 Å². The average molecular weight is 826 g/mol. The van der Waals surface area contributed by atoms with Gasteiger partial charge in [0.1, 0.15) is 35.2 Å². The van der Waals surface area contributed by atoms with E-state index in [9.17, 15) is 24.0 Å². The molecule has 8 N–H and O–H groups in total. The number of amides is 3. The normalized spacial score (nSPS) is 12.2. The molecule has 21 heteroatoms. The fraction of sp³-hybridized carbons (Fsp3) is 0.622. The van der Waals surface area contributed by atoms with Crippen LogP contribution in [0.3, 0.4) is 0 Å². The molecule has 2 heterocycles. The fourth-order valence-corrected chi connectivity index (χ4v) is 4.04. The zero-order valence-corrected chi connectivity index (χ0v) is 34.2. The van der Waals surface area contributed by atoms with Gasteiger partial charge in [-0.15, -0.1) is 0 Å². The van der Waals surface area contributed by atoms with Crippen molar-refractivity contribution in [2.24, 2.45) is 16.5 Å². The first-order chi connectivity index (χ1) is 26.6. The van der Waals surface area contributed by atoms with E-state index in [1.54, 1.807) is 48.5 Å². The first kappa shape index (κ1) is 52.3.